The predicted molar refractivity (Wildman–Crippen MR) is 71.5 cm³/mol. The van der Waals surface area contributed by atoms with Gasteiger partial charge in [-0.3, -0.25) is 9.59 Å². The number of aliphatic carboxylic acids is 1. The number of esters is 1. The van der Waals surface area contributed by atoms with Crippen molar-refractivity contribution in [2.24, 2.45) is 0 Å². The molecule has 10 heteroatoms. The number of aliphatic hydroxyl groups excluding tert-OH is 2. The SMILES string of the molecule is C[C@@H](OC(=O)[C@@H](CCCNC(=O)CO)NC(=O)CO)C(=O)O. The number of nitrogens with one attached hydrogen (secondary N) is 2. The first-order valence-electron chi connectivity index (χ1n) is 6.52. The first-order valence-corrected chi connectivity index (χ1v) is 6.52. The summed E-state index contributed by atoms with van der Waals surface area (Å²) in [6.45, 7) is -0.193. The molecule has 10 nitrogen and oxygen atoms in total. The summed E-state index contributed by atoms with van der Waals surface area (Å²) >= 11 is 0. The molecular weight excluding hydrogens is 300 g/mol. The standard InChI is InChI=1S/C12H20N2O8/c1-7(11(19)20)22-12(21)8(14-10(18)6-16)3-2-4-13-9(17)5-15/h7-8,15-16H,2-6H2,1H3,(H,13,17)(H,14,18)(H,19,20)/t7-,8-/m1/s1. The fourth-order valence-electron chi connectivity index (χ4n) is 1.39. The number of carboxylic acids is 1. The second-order valence-corrected chi connectivity index (χ2v) is 4.35. The Kier molecular flexibility index (Phi) is 9.46. The molecule has 2 atom stereocenters. The van der Waals surface area contributed by atoms with Crippen LogP contribution in [0.5, 0.6) is 0 Å². The third-order valence-corrected chi connectivity index (χ3v) is 2.54. The van der Waals surface area contributed by atoms with Gasteiger partial charge in [-0.05, 0) is 19.8 Å². The number of amides is 2. The van der Waals surface area contributed by atoms with Crippen LogP contribution in [0.25, 0.3) is 0 Å². The van der Waals surface area contributed by atoms with Crippen LogP contribution in [0.3, 0.4) is 0 Å². The van der Waals surface area contributed by atoms with Gasteiger partial charge in [0, 0.05) is 6.54 Å². The van der Waals surface area contributed by atoms with E-state index in [9.17, 15) is 19.2 Å². The number of ether oxygens (including phenoxy) is 1. The summed E-state index contributed by atoms with van der Waals surface area (Å²) in [6.07, 6.45) is -1.06. The molecule has 0 aromatic carbocycles. The molecule has 0 fully saturated rings. The van der Waals surface area contributed by atoms with E-state index >= 15 is 0 Å². The van der Waals surface area contributed by atoms with Crippen molar-refractivity contribution in [1.29, 1.82) is 0 Å². The number of rotatable bonds is 10. The molecule has 0 aliphatic heterocycles. The summed E-state index contributed by atoms with van der Waals surface area (Å²) in [5.74, 6) is -3.69. The van der Waals surface area contributed by atoms with Gasteiger partial charge >= 0.3 is 11.9 Å². The molecular formula is C12H20N2O8. The molecule has 0 aliphatic carbocycles. The first kappa shape index (κ1) is 19.8. The molecule has 0 aliphatic rings. The second kappa shape index (κ2) is 10.5. The van der Waals surface area contributed by atoms with Crippen LogP contribution in [-0.2, 0) is 23.9 Å². The van der Waals surface area contributed by atoms with Gasteiger partial charge in [0.2, 0.25) is 11.8 Å². The molecule has 0 rings (SSSR count). The highest BCUT2D eigenvalue weighted by Crippen LogP contribution is 2.03. The topological polar surface area (TPSA) is 162 Å². The Morgan fingerprint density at radius 1 is 1.09 bits per heavy atom. The van der Waals surface area contributed by atoms with Crippen LogP contribution in [-0.4, -0.2) is 71.0 Å². The van der Waals surface area contributed by atoms with E-state index in [1.165, 1.54) is 0 Å². The van der Waals surface area contributed by atoms with Crippen molar-refractivity contribution < 1.29 is 39.2 Å². The molecule has 0 aromatic rings. The van der Waals surface area contributed by atoms with E-state index in [-0.39, 0.29) is 19.4 Å². The molecule has 22 heavy (non-hydrogen) atoms. The predicted octanol–water partition coefficient (Wildman–Crippen LogP) is -2.63. The van der Waals surface area contributed by atoms with Crippen LogP contribution >= 0.6 is 0 Å². The highest BCUT2D eigenvalue weighted by molar-refractivity contribution is 5.86. The molecule has 0 saturated carbocycles. The third-order valence-electron chi connectivity index (χ3n) is 2.54. The smallest absolute Gasteiger partial charge is 0.344 e. The lowest BCUT2D eigenvalue weighted by molar-refractivity contribution is -0.164. The number of carbonyl (C=O) groups is 4. The van der Waals surface area contributed by atoms with E-state index in [2.05, 4.69) is 15.4 Å². The van der Waals surface area contributed by atoms with Gasteiger partial charge in [-0.1, -0.05) is 0 Å². The van der Waals surface area contributed by atoms with Crippen LogP contribution in [0.1, 0.15) is 19.8 Å². The molecule has 0 unspecified atom stereocenters. The molecule has 126 valence electrons. The Hall–Kier alpha value is -2.20. The largest absolute Gasteiger partial charge is 0.479 e. The summed E-state index contributed by atoms with van der Waals surface area (Å²) < 4.78 is 4.66. The summed E-state index contributed by atoms with van der Waals surface area (Å²) in [4.78, 5) is 44.4. The zero-order valence-corrected chi connectivity index (χ0v) is 12.1. The zero-order valence-electron chi connectivity index (χ0n) is 12.1. The number of carboxylic acid groups (broad SMARTS) is 1. The van der Waals surface area contributed by atoms with E-state index < -0.39 is 49.1 Å². The van der Waals surface area contributed by atoms with Gasteiger partial charge < -0.3 is 30.7 Å². The lowest BCUT2D eigenvalue weighted by Crippen LogP contribution is -2.45. The van der Waals surface area contributed by atoms with E-state index in [1.807, 2.05) is 0 Å². The lowest BCUT2D eigenvalue weighted by Gasteiger charge is -2.18. The zero-order chi connectivity index (χ0) is 17.1. The monoisotopic (exact) mass is 320 g/mol. The van der Waals surface area contributed by atoms with Crippen LogP contribution < -0.4 is 10.6 Å². The van der Waals surface area contributed by atoms with Crippen molar-refractivity contribution in [2.45, 2.75) is 31.9 Å². The van der Waals surface area contributed by atoms with Gasteiger partial charge in [-0.25, -0.2) is 9.59 Å². The third kappa shape index (κ3) is 8.17. The van der Waals surface area contributed by atoms with Gasteiger partial charge in [-0.15, -0.1) is 0 Å². The Bertz CT molecular complexity index is 412. The van der Waals surface area contributed by atoms with Crippen molar-refractivity contribution in [1.82, 2.24) is 10.6 Å². The molecule has 0 heterocycles. The molecule has 5 N–H and O–H groups in total. The van der Waals surface area contributed by atoms with Crippen LogP contribution in [0.15, 0.2) is 0 Å². The number of aliphatic hydroxyl groups is 2. The fourth-order valence-corrected chi connectivity index (χ4v) is 1.39. The van der Waals surface area contributed by atoms with Crippen molar-refractivity contribution >= 4 is 23.8 Å². The molecule has 0 spiro atoms. The molecule has 0 aromatic heterocycles. The quantitative estimate of drug-likeness (QED) is 0.215. The van der Waals surface area contributed by atoms with Crippen molar-refractivity contribution in [3.8, 4) is 0 Å². The highest BCUT2D eigenvalue weighted by atomic mass is 16.6. The van der Waals surface area contributed by atoms with E-state index in [4.69, 9.17) is 15.3 Å². The van der Waals surface area contributed by atoms with E-state index in [1.54, 1.807) is 0 Å². The average molecular weight is 320 g/mol. The Morgan fingerprint density at radius 2 is 1.68 bits per heavy atom. The summed E-state index contributed by atoms with van der Waals surface area (Å²) in [5.41, 5.74) is 0. The second-order valence-electron chi connectivity index (χ2n) is 4.35. The highest BCUT2D eigenvalue weighted by Gasteiger charge is 2.25. The van der Waals surface area contributed by atoms with Crippen molar-refractivity contribution in [2.75, 3.05) is 19.8 Å². The Labute approximate surface area is 126 Å². The number of carbonyl (C=O) groups excluding carboxylic acids is 3. The van der Waals surface area contributed by atoms with Gasteiger partial charge in [0.15, 0.2) is 6.10 Å². The summed E-state index contributed by atoms with van der Waals surface area (Å²) in [5, 5.41) is 30.4. The van der Waals surface area contributed by atoms with Crippen molar-refractivity contribution in [3.63, 3.8) is 0 Å². The minimum Gasteiger partial charge on any atom is -0.479 e. The number of hydrogen-bond acceptors (Lipinski definition) is 7. The number of hydrogen-bond donors (Lipinski definition) is 5. The minimum absolute atomic E-state index is 0.0582. The first-order chi connectivity index (χ1) is 10.3. The average Bonchev–Trinajstić information content (AvgIpc) is 2.49. The van der Waals surface area contributed by atoms with Crippen LogP contribution in [0.4, 0.5) is 0 Å². The lowest BCUT2D eigenvalue weighted by atomic mass is 10.1. The van der Waals surface area contributed by atoms with Crippen LogP contribution in [0, 0.1) is 0 Å². The Balaban J connectivity index is 4.48. The Morgan fingerprint density at radius 3 is 2.18 bits per heavy atom. The molecule has 2 amide bonds. The van der Waals surface area contributed by atoms with Crippen LogP contribution in [0.2, 0.25) is 0 Å². The fraction of sp³-hybridized carbons (Fsp3) is 0.667. The van der Waals surface area contributed by atoms with Gasteiger partial charge in [0.1, 0.15) is 19.3 Å². The van der Waals surface area contributed by atoms with Gasteiger partial charge in [-0.2, -0.15) is 0 Å². The van der Waals surface area contributed by atoms with E-state index in [0.29, 0.717) is 0 Å². The molecule has 0 saturated heterocycles. The van der Waals surface area contributed by atoms with Gasteiger partial charge in [0.25, 0.3) is 0 Å². The minimum atomic E-state index is -1.38. The van der Waals surface area contributed by atoms with E-state index in [0.717, 1.165) is 6.92 Å². The summed E-state index contributed by atoms with van der Waals surface area (Å²) in [6, 6.07) is -1.15. The van der Waals surface area contributed by atoms with Gasteiger partial charge in [0.05, 0.1) is 0 Å². The molecule has 0 bridgehead atoms. The molecule has 0 radical (unpaired) electrons. The maximum Gasteiger partial charge on any atom is 0.344 e. The summed E-state index contributed by atoms with van der Waals surface area (Å²) in [7, 11) is 0. The normalized spacial score (nSPS) is 12.9. The maximum absolute atomic E-state index is 11.8. The maximum atomic E-state index is 11.8. The van der Waals surface area contributed by atoms with Crippen molar-refractivity contribution in [3.05, 3.63) is 0 Å².